The first kappa shape index (κ1) is 8.35. The topological polar surface area (TPSA) is 53.6 Å². The smallest absolute Gasteiger partial charge is 0.464 e. The van der Waals surface area contributed by atoms with Gasteiger partial charge in [0.2, 0.25) is 0 Å². The molecule has 0 saturated heterocycles. The molecule has 0 aliphatic rings. The summed E-state index contributed by atoms with van der Waals surface area (Å²) in [5, 5.41) is 18.6. The van der Waals surface area contributed by atoms with Crippen LogP contribution in [0.4, 0.5) is 0 Å². The highest BCUT2D eigenvalue weighted by molar-refractivity contribution is 6.57. The van der Waals surface area contributed by atoms with Crippen molar-refractivity contribution in [3.63, 3.8) is 0 Å². The first-order valence-electron chi connectivity index (χ1n) is 4.03. The van der Waals surface area contributed by atoms with Gasteiger partial charge in [0.25, 0.3) is 0 Å². The summed E-state index contributed by atoms with van der Waals surface area (Å²) in [7, 11) is -1.54. The molecule has 3 nitrogen and oxygen atoms in total. The van der Waals surface area contributed by atoms with E-state index in [1.165, 1.54) is 0 Å². The van der Waals surface area contributed by atoms with Crippen LogP contribution < -0.4 is 5.66 Å². The molecular formula is C9H9BO3. The molecule has 2 rings (SSSR count). The molecule has 0 aliphatic heterocycles. The fourth-order valence-corrected chi connectivity index (χ4v) is 1.36. The Morgan fingerprint density at radius 3 is 2.69 bits per heavy atom. The highest BCUT2D eigenvalue weighted by Gasteiger charge is 2.17. The molecular weight excluding hydrogens is 167 g/mol. The van der Waals surface area contributed by atoms with Crippen LogP contribution in [0, 0.1) is 6.92 Å². The highest BCUT2D eigenvalue weighted by Crippen LogP contribution is 2.17. The number of hydrogen-bond acceptors (Lipinski definition) is 3. The molecule has 2 N–H and O–H groups in total. The summed E-state index contributed by atoms with van der Waals surface area (Å²) in [5.74, 6) is 0. The van der Waals surface area contributed by atoms with E-state index in [0.29, 0.717) is 5.58 Å². The number of para-hydroxylation sites is 1. The lowest BCUT2D eigenvalue weighted by Crippen LogP contribution is -2.27. The van der Waals surface area contributed by atoms with Gasteiger partial charge in [-0.1, -0.05) is 18.2 Å². The summed E-state index contributed by atoms with van der Waals surface area (Å²) in [6.45, 7) is 1.92. The summed E-state index contributed by atoms with van der Waals surface area (Å²) in [6.07, 6.45) is 0. The van der Waals surface area contributed by atoms with E-state index in [2.05, 4.69) is 0 Å². The average Bonchev–Trinajstić information content (AvgIpc) is 2.49. The van der Waals surface area contributed by atoms with Crippen LogP contribution in [0.2, 0.25) is 0 Å². The van der Waals surface area contributed by atoms with Gasteiger partial charge >= 0.3 is 7.12 Å². The number of aryl methyl sites for hydroxylation is 1. The van der Waals surface area contributed by atoms with Gasteiger partial charge in [-0.15, -0.1) is 0 Å². The third-order valence-electron chi connectivity index (χ3n) is 2.01. The zero-order chi connectivity index (χ0) is 9.42. The maximum atomic E-state index is 8.88. The molecule has 0 bridgehead atoms. The second-order valence-corrected chi connectivity index (χ2v) is 3.02. The highest BCUT2D eigenvalue weighted by atomic mass is 16.4. The van der Waals surface area contributed by atoms with Crippen molar-refractivity contribution in [2.45, 2.75) is 6.92 Å². The van der Waals surface area contributed by atoms with Crippen molar-refractivity contribution >= 4 is 23.7 Å². The standard InChI is InChI=1S/C9H9BO3/c1-6-3-2-4-7-5-8(10(11)12)13-9(6)7/h2-5,11-12H,1H3. The maximum Gasteiger partial charge on any atom is 0.526 e. The number of rotatable bonds is 1. The van der Waals surface area contributed by atoms with E-state index in [1.807, 2.05) is 25.1 Å². The van der Waals surface area contributed by atoms with E-state index < -0.39 is 7.12 Å². The Bertz CT molecular complexity index is 433. The Balaban J connectivity index is 2.68. The maximum absolute atomic E-state index is 8.88. The Morgan fingerprint density at radius 1 is 1.31 bits per heavy atom. The molecule has 13 heavy (non-hydrogen) atoms. The predicted molar refractivity (Wildman–Crippen MR) is 50.8 cm³/mol. The van der Waals surface area contributed by atoms with Gasteiger partial charge in [0.1, 0.15) is 11.2 Å². The zero-order valence-corrected chi connectivity index (χ0v) is 7.19. The molecule has 1 heterocycles. The molecule has 0 unspecified atom stereocenters. The summed E-state index contributed by atoms with van der Waals surface area (Å²) in [4.78, 5) is 0. The van der Waals surface area contributed by atoms with Gasteiger partial charge in [-0.3, -0.25) is 0 Å². The second kappa shape index (κ2) is 2.90. The predicted octanol–water partition coefficient (Wildman–Crippen LogP) is 0.421. The lowest BCUT2D eigenvalue weighted by atomic mass is 9.88. The van der Waals surface area contributed by atoms with Crippen LogP contribution in [0.5, 0.6) is 0 Å². The minimum absolute atomic E-state index is 0.185. The average molecular weight is 176 g/mol. The summed E-state index contributed by atoms with van der Waals surface area (Å²) >= 11 is 0. The molecule has 0 fully saturated rings. The van der Waals surface area contributed by atoms with E-state index in [-0.39, 0.29) is 5.66 Å². The van der Waals surface area contributed by atoms with Crippen LogP contribution in [-0.2, 0) is 0 Å². The van der Waals surface area contributed by atoms with Crippen LogP contribution >= 0.6 is 0 Å². The van der Waals surface area contributed by atoms with Crippen LogP contribution in [0.25, 0.3) is 11.0 Å². The molecule has 0 aliphatic carbocycles. The molecule has 0 saturated carbocycles. The molecule has 0 radical (unpaired) electrons. The monoisotopic (exact) mass is 176 g/mol. The fourth-order valence-electron chi connectivity index (χ4n) is 1.36. The van der Waals surface area contributed by atoms with Crippen molar-refractivity contribution in [1.82, 2.24) is 0 Å². The van der Waals surface area contributed by atoms with Gasteiger partial charge in [0, 0.05) is 5.39 Å². The van der Waals surface area contributed by atoms with Gasteiger partial charge in [-0.2, -0.15) is 0 Å². The van der Waals surface area contributed by atoms with Crippen molar-refractivity contribution in [2.75, 3.05) is 0 Å². The van der Waals surface area contributed by atoms with Gasteiger partial charge < -0.3 is 14.5 Å². The first-order chi connectivity index (χ1) is 6.18. The fraction of sp³-hybridized carbons (Fsp3) is 0.111. The minimum Gasteiger partial charge on any atom is -0.464 e. The Morgan fingerprint density at radius 2 is 2.08 bits per heavy atom. The lowest BCUT2D eigenvalue weighted by molar-refractivity contribution is 0.412. The third-order valence-corrected chi connectivity index (χ3v) is 2.01. The molecule has 0 spiro atoms. The number of fused-ring (bicyclic) bond motifs is 1. The quantitative estimate of drug-likeness (QED) is 0.619. The Hall–Kier alpha value is -1.26. The SMILES string of the molecule is Cc1cccc2cc(B(O)O)oc12. The minimum atomic E-state index is -1.54. The van der Waals surface area contributed by atoms with Crippen molar-refractivity contribution in [3.05, 3.63) is 29.8 Å². The molecule has 4 heteroatoms. The summed E-state index contributed by atoms with van der Waals surface area (Å²) in [6, 6.07) is 7.32. The largest absolute Gasteiger partial charge is 0.526 e. The van der Waals surface area contributed by atoms with Gasteiger partial charge in [-0.05, 0) is 18.6 Å². The number of benzene rings is 1. The van der Waals surface area contributed by atoms with Crippen LogP contribution in [-0.4, -0.2) is 17.2 Å². The molecule has 0 amide bonds. The van der Waals surface area contributed by atoms with Gasteiger partial charge in [-0.25, -0.2) is 0 Å². The number of furan rings is 1. The third kappa shape index (κ3) is 1.34. The van der Waals surface area contributed by atoms with Crippen LogP contribution in [0.15, 0.2) is 28.7 Å². The van der Waals surface area contributed by atoms with Crippen molar-refractivity contribution in [2.24, 2.45) is 0 Å². The normalized spacial score (nSPS) is 10.7. The van der Waals surface area contributed by atoms with E-state index >= 15 is 0 Å². The Labute approximate surface area is 75.8 Å². The lowest BCUT2D eigenvalue weighted by Gasteiger charge is -1.92. The summed E-state index contributed by atoms with van der Waals surface area (Å²) in [5.41, 5.74) is 1.89. The van der Waals surface area contributed by atoms with E-state index in [1.54, 1.807) is 6.07 Å². The first-order valence-corrected chi connectivity index (χ1v) is 4.03. The zero-order valence-electron chi connectivity index (χ0n) is 7.19. The van der Waals surface area contributed by atoms with Gasteiger partial charge in [0.05, 0.1) is 0 Å². The van der Waals surface area contributed by atoms with E-state index in [0.717, 1.165) is 10.9 Å². The molecule has 1 aromatic heterocycles. The Kier molecular flexibility index (Phi) is 1.86. The summed E-state index contributed by atoms with van der Waals surface area (Å²) < 4.78 is 5.26. The molecule has 0 atom stereocenters. The van der Waals surface area contributed by atoms with Gasteiger partial charge in [0.15, 0.2) is 0 Å². The molecule has 1 aromatic carbocycles. The second-order valence-electron chi connectivity index (χ2n) is 3.02. The molecule has 2 aromatic rings. The van der Waals surface area contributed by atoms with E-state index in [4.69, 9.17) is 14.5 Å². The van der Waals surface area contributed by atoms with Crippen molar-refractivity contribution in [3.8, 4) is 0 Å². The number of hydrogen-bond donors (Lipinski definition) is 2. The van der Waals surface area contributed by atoms with Crippen LogP contribution in [0.1, 0.15) is 5.56 Å². The van der Waals surface area contributed by atoms with Crippen LogP contribution in [0.3, 0.4) is 0 Å². The van der Waals surface area contributed by atoms with E-state index in [9.17, 15) is 0 Å². The van der Waals surface area contributed by atoms with Crippen molar-refractivity contribution < 1.29 is 14.5 Å². The molecule has 66 valence electrons. The van der Waals surface area contributed by atoms with Crippen molar-refractivity contribution in [1.29, 1.82) is 0 Å².